The van der Waals surface area contributed by atoms with Crippen LogP contribution in [0.5, 0.6) is 0 Å². The van der Waals surface area contributed by atoms with Crippen LogP contribution in [0.15, 0.2) is 12.4 Å². The molecule has 3 rings (SSSR count). The Balaban J connectivity index is 1.55. The van der Waals surface area contributed by atoms with Crippen LogP contribution in [0.4, 0.5) is 0 Å². The Hall–Kier alpha value is -1.44. The number of aromatic nitrogens is 2. The zero-order valence-corrected chi connectivity index (χ0v) is 14.6. The average molecular weight is 336 g/mol. The summed E-state index contributed by atoms with van der Waals surface area (Å²) in [6, 6.07) is 0.335. The van der Waals surface area contributed by atoms with Gasteiger partial charge in [0.05, 0.1) is 19.4 Å². The highest BCUT2D eigenvalue weighted by atomic mass is 16.5. The van der Waals surface area contributed by atoms with Gasteiger partial charge in [-0.05, 0) is 19.8 Å². The van der Waals surface area contributed by atoms with Crippen LogP contribution >= 0.6 is 0 Å². The molecule has 0 unspecified atom stereocenters. The first-order valence-electron chi connectivity index (χ1n) is 8.85. The van der Waals surface area contributed by atoms with Crippen LogP contribution in [-0.4, -0.2) is 65.6 Å². The van der Waals surface area contributed by atoms with Gasteiger partial charge >= 0.3 is 0 Å². The molecule has 3 atom stereocenters. The lowest BCUT2D eigenvalue weighted by atomic mass is 9.97. The summed E-state index contributed by atoms with van der Waals surface area (Å²) in [7, 11) is 1.92. The molecule has 2 fully saturated rings. The third-order valence-corrected chi connectivity index (χ3v) is 4.72. The molecule has 0 aromatic carbocycles. The van der Waals surface area contributed by atoms with Gasteiger partial charge in [0, 0.05) is 57.0 Å². The second-order valence-corrected chi connectivity index (χ2v) is 6.75. The fraction of sp³-hybridized carbons (Fsp3) is 0.765. The van der Waals surface area contributed by atoms with Crippen molar-refractivity contribution in [3.8, 4) is 0 Å². The van der Waals surface area contributed by atoms with Gasteiger partial charge in [-0.2, -0.15) is 5.10 Å². The van der Waals surface area contributed by atoms with Crippen LogP contribution in [0.2, 0.25) is 0 Å². The maximum atomic E-state index is 12.4. The molecule has 0 radical (unpaired) electrons. The maximum absolute atomic E-state index is 12.4. The molecule has 1 aromatic heterocycles. The third-order valence-electron chi connectivity index (χ3n) is 4.72. The predicted octanol–water partition coefficient (Wildman–Crippen LogP) is 0.867. The summed E-state index contributed by atoms with van der Waals surface area (Å²) in [6.07, 6.45) is 6.49. The monoisotopic (exact) mass is 336 g/mol. The molecule has 1 N–H and O–H groups in total. The van der Waals surface area contributed by atoms with E-state index in [4.69, 9.17) is 9.47 Å². The molecule has 2 aliphatic heterocycles. The van der Waals surface area contributed by atoms with Crippen molar-refractivity contribution in [1.29, 1.82) is 0 Å². The second-order valence-electron chi connectivity index (χ2n) is 6.75. The van der Waals surface area contributed by atoms with Gasteiger partial charge < -0.3 is 19.7 Å². The summed E-state index contributed by atoms with van der Waals surface area (Å²) < 4.78 is 13.1. The Labute approximate surface area is 143 Å². The number of amides is 1. The maximum Gasteiger partial charge on any atom is 0.224 e. The molecule has 1 aromatic rings. The highest BCUT2D eigenvalue weighted by molar-refractivity contribution is 5.76. The first-order chi connectivity index (χ1) is 11.6. The molecule has 7 nitrogen and oxygen atoms in total. The normalized spacial score (nSPS) is 26.3. The molecule has 24 heavy (non-hydrogen) atoms. The van der Waals surface area contributed by atoms with Crippen molar-refractivity contribution in [2.24, 2.45) is 7.05 Å². The summed E-state index contributed by atoms with van der Waals surface area (Å²) in [5.41, 5.74) is 1.10. The van der Waals surface area contributed by atoms with E-state index in [2.05, 4.69) is 17.3 Å². The topological polar surface area (TPSA) is 68.6 Å². The van der Waals surface area contributed by atoms with Crippen LogP contribution in [0.3, 0.4) is 0 Å². The minimum absolute atomic E-state index is 0.00777. The molecule has 0 bridgehead atoms. The smallest absolute Gasteiger partial charge is 0.224 e. The SMILES string of the molecule is C[C@@H](CC(=O)N1CCOCC1)N[C@H]1CCCO[C@@H]1c1cnn(C)c1. The Morgan fingerprint density at radius 2 is 2.21 bits per heavy atom. The standard InChI is InChI=1S/C17H28N4O3/c1-13(10-16(22)21-5-8-23-9-6-21)19-15-4-3-7-24-17(15)14-11-18-20(2)12-14/h11-13,15,17,19H,3-10H2,1-2H3/t13-,15-,17+/m0/s1. The first-order valence-corrected chi connectivity index (χ1v) is 8.85. The Bertz CT molecular complexity index is 542. The predicted molar refractivity (Wildman–Crippen MR) is 89.5 cm³/mol. The van der Waals surface area contributed by atoms with Crippen LogP contribution in [0.1, 0.15) is 37.9 Å². The molecule has 2 aliphatic rings. The quantitative estimate of drug-likeness (QED) is 0.864. The Morgan fingerprint density at radius 3 is 2.92 bits per heavy atom. The Morgan fingerprint density at radius 1 is 1.42 bits per heavy atom. The third kappa shape index (κ3) is 4.34. The molecule has 2 saturated heterocycles. The van der Waals surface area contributed by atoms with Crippen LogP contribution in [-0.2, 0) is 21.3 Å². The van der Waals surface area contributed by atoms with Gasteiger partial charge in [-0.3, -0.25) is 9.48 Å². The zero-order valence-electron chi connectivity index (χ0n) is 14.6. The van der Waals surface area contributed by atoms with Gasteiger partial charge in [0.15, 0.2) is 0 Å². The average Bonchev–Trinajstić information content (AvgIpc) is 3.02. The number of nitrogens with one attached hydrogen (secondary N) is 1. The molecule has 0 saturated carbocycles. The fourth-order valence-electron chi connectivity index (χ4n) is 3.50. The van der Waals surface area contributed by atoms with Gasteiger partial charge in [-0.25, -0.2) is 0 Å². The molecule has 1 amide bonds. The van der Waals surface area contributed by atoms with Crippen molar-refractivity contribution >= 4 is 5.91 Å². The van der Waals surface area contributed by atoms with Gasteiger partial charge in [0.1, 0.15) is 6.10 Å². The minimum Gasteiger partial charge on any atom is -0.378 e. The largest absolute Gasteiger partial charge is 0.378 e. The highest BCUT2D eigenvalue weighted by Crippen LogP contribution is 2.28. The number of ether oxygens (including phenoxy) is 2. The van der Waals surface area contributed by atoms with E-state index in [1.807, 2.05) is 24.3 Å². The first kappa shape index (κ1) is 17.4. The van der Waals surface area contributed by atoms with Crippen molar-refractivity contribution in [2.45, 2.75) is 44.4 Å². The number of nitrogens with zero attached hydrogens (tertiary/aromatic N) is 3. The summed E-state index contributed by atoms with van der Waals surface area (Å²) in [5.74, 6) is 0.202. The van der Waals surface area contributed by atoms with Crippen molar-refractivity contribution < 1.29 is 14.3 Å². The van der Waals surface area contributed by atoms with Gasteiger partial charge in [0.25, 0.3) is 0 Å². The van der Waals surface area contributed by atoms with Crippen molar-refractivity contribution in [2.75, 3.05) is 32.9 Å². The number of rotatable bonds is 5. The molecular formula is C17H28N4O3. The van der Waals surface area contributed by atoms with E-state index in [-0.39, 0.29) is 24.1 Å². The number of morpholine rings is 1. The number of carbonyl (C=O) groups excluding carboxylic acids is 1. The molecule has 134 valence electrons. The fourth-order valence-corrected chi connectivity index (χ4v) is 3.50. The number of hydrogen-bond donors (Lipinski definition) is 1. The van der Waals surface area contributed by atoms with E-state index in [9.17, 15) is 4.79 Å². The molecular weight excluding hydrogens is 308 g/mol. The molecule has 7 heteroatoms. The van der Waals surface area contributed by atoms with Crippen LogP contribution < -0.4 is 5.32 Å². The van der Waals surface area contributed by atoms with E-state index < -0.39 is 0 Å². The lowest BCUT2D eigenvalue weighted by Gasteiger charge is -2.34. The lowest BCUT2D eigenvalue weighted by molar-refractivity contribution is -0.135. The lowest BCUT2D eigenvalue weighted by Crippen LogP contribution is -2.47. The zero-order chi connectivity index (χ0) is 16.9. The number of aryl methyl sites for hydroxylation is 1. The summed E-state index contributed by atoms with van der Waals surface area (Å²) in [6.45, 7) is 5.55. The van der Waals surface area contributed by atoms with Gasteiger partial charge in [0.2, 0.25) is 5.91 Å². The summed E-state index contributed by atoms with van der Waals surface area (Å²) in [4.78, 5) is 14.3. The van der Waals surface area contributed by atoms with Crippen molar-refractivity contribution in [3.63, 3.8) is 0 Å². The minimum atomic E-state index is 0.00777. The van der Waals surface area contributed by atoms with E-state index in [1.165, 1.54) is 0 Å². The summed E-state index contributed by atoms with van der Waals surface area (Å²) >= 11 is 0. The molecule has 3 heterocycles. The van der Waals surface area contributed by atoms with E-state index >= 15 is 0 Å². The second kappa shape index (κ2) is 8.09. The van der Waals surface area contributed by atoms with E-state index in [1.54, 1.807) is 4.68 Å². The van der Waals surface area contributed by atoms with E-state index in [0.29, 0.717) is 32.7 Å². The van der Waals surface area contributed by atoms with Crippen LogP contribution in [0.25, 0.3) is 0 Å². The highest BCUT2D eigenvalue weighted by Gasteiger charge is 2.30. The van der Waals surface area contributed by atoms with Crippen molar-refractivity contribution in [3.05, 3.63) is 18.0 Å². The summed E-state index contributed by atoms with van der Waals surface area (Å²) in [5, 5.41) is 7.86. The van der Waals surface area contributed by atoms with Crippen molar-refractivity contribution in [1.82, 2.24) is 20.0 Å². The molecule has 0 spiro atoms. The van der Waals surface area contributed by atoms with E-state index in [0.717, 1.165) is 25.0 Å². The Kier molecular flexibility index (Phi) is 5.86. The van der Waals surface area contributed by atoms with Gasteiger partial charge in [-0.15, -0.1) is 0 Å². The van der Waals surface area contributed by atoms with Gasteiger partial charge in [-0.1, -0.05) is 0 Å². The number of carbonyl (C=O) groups is 1. The van der Waals surface area contributed by atoms with Crippen LogP contribution in [0, 0.1) is 0 Å². The molecule has 0 aliphatic carbocycles. The number of hydrogen-bond acceptors (Lipinski definition) is 5.